The van der Waals surface area contributed by atoms with Crippen molar-refractivity contribution in [3.05, 3.63) is 40.3 Å². The molecule has 3 nitrogen and oxygen atoms in total. The normalized spacial score (nSPS) is 10.6. The zero-order valence-corrected chi connectivity index (χ0v) is 8.92. The summed E-state index contributed by atoms with van der Waals surface area (Å²) in [6.45, 7) is 1.82. The maximum Gasteiger partial charge on any atom is 0.0752 e. The van der Waals surface area contributed by atoms with Gasteiger partial charge in [0.1, 0.15) is 0 Å². The monoisotopic (exact) mass is 207 g/mol. The Morgan fingerprint density at radius 1 is 1.43 bits per heavy atom. The van der Waals surface area contributed by atoms with Crippen LogP contribution in [0.3, 0.4) is 0 Å². The lowest BCUT2D eigenvalue weighted by Gasteiger charge is -1.97. The number of nitrogens with zero attached hydrogens (tertiary/aromatic N) is 2. The Kier molecular flexibility index (Phi) is 2.96. The summed E-state index contributed by atoms with van der Waals surface area (Å²) in [4.78, 5) is 2.72. The van der Waals surface area contributed by atoms with E-state index in [1.165, 1.54) is 9.75 Å². The van der Waals surface area contributed by atoms with Crippen molar-refractivity contribution < 1.29 is 0 Å². The molecule has 0 aliphatic heterocycles. The molecule has 4 heteroatoms. The topological polar surface area (TPSA) is 29.9 Å². The Morgan fingerprint density at radius 3 is 3.00 bits per heavy atom. The Bertz CT molecular complexity index is 378. The van der Waals surface area contributed by atoms with Gasteiger partial charge in [-0.2, -0.15) is 5.10 Å². The van der Waals surface area contributed by atoms with Crippen LogP contribution in [0, 0.1) is 0 Å². The molecule has 0 saturated carbocycles. The first kappa shape index (κ1) is 9.43. The van der Waals surface area contributed by atoms with Gasteiger partial charge >= 0.3 is 0 Å². The minimum Gasteiger partial charge on any atom is -0.315 e. The molecule has 0 amide bonds. The second-order valence-electron chi connectivity index (χ2n) is 3.10. The Hall–Kier alpha value is -1.13. The summed E-state index contributed by atoms with van der Waals surface area (Å²) in [6, 6.07) is 6.28. The first-order valence-electron chi connectivity index (χ1n) is 4.58. The third kappa shape index (κ3) is 2.21. The van der Waals surface area contributed by atoms with Crippen molar-refractivity contribution in [1.82, 2.24) is 15.1 Å². The van der Waals surface area contributed by atoms with E-state index in [0.717, 1.165) is 13.1 Å². The summed E-state index contributed by atoms with van der Waals surface area (Å²) >= 11 is 1.83. The van der Waals surface area contributed by atoms with Crippen LogP contribution >= 0.6 is 11.3 Å². The molecule has 0 aliphatic rings. The van der Waals surface area contributed by atoms with E-state index >= 15 is 0 Å². The van der Waals surface area contributed by atoms with Crippen LogP contribution in [0.15, 0.2) is 30.6 Å². The molecule has 2 heterocycles. The van der Waals surface area contributed by atoms with E-state index in [0.29, 0.717) is 0 Å². The molecule has 2 rings (SSSR count). The summed E-state index contributed by atoms with van der Waals surface area (Å²) < 4.78 is 1.94. The largest absolute Gasteiger partial charge is 0.315 e. The van der Waals surface area contributed by atoms with Crippen molar-refractivity contribution in [3.63, 3.8) is 0 Å². The van der Waals surface area contributed by atoms with Gasteiger partial charge in [0.2, 0.25) is 0 Å². The highest BCUT2D eigenvalue weighted by molar-refractivity contribution is 7.11. The quantitative estimate of drug-likeness (QED) is 0.827. The van der Waals surface area contributed by atoms with E-state index in [1.54, 1.807) is 0 Å². The maximum atomic E-state index is 4.17. The minimum absolute atomic E-state index is 0.876. The molecule has 0 aromatic carbocycles. The van der Waals surface area contributed by atoms with E-state index in [2.05, 4.69) is 22.5 Å². The standard InChI is InChI=1S/C10H13N3S/c1-11-7-9-3-4-10(14-9)8-13-6-2-5-12-13/h2-6,11H,7-8H2,1H3. The molecule has 0 aliphatic carbocycles. The number of nitrogens with one attached hydrogen (secondary N) is 1. The van der Waals surface area contributed by atoms with Crippen molar-refractivity contribution >= 4 is 11.3 Å². The van der Waals surface area contributed by atoms with Gasteiger partial charge in [0.15, 0.2) is 0 Å². The Morgan fingerprint density at radius 2 is 2.29 bits per heavy atom. The van der Waals surface area contributed by atoms with Crippen LogP contribution < -0.4 is 5.32 Å². The summed E-state index contributed by atoms with van der Waals surface area (Å²) in [5.74, 6) is 0. The number of aromatic nitrogens is 2. The zero-order chi connectivity index (χ0) is 9.80. The lowest BCUT2D eigenvalue weighted by atomic mass is 10.4. The summed E-state index contributed by atoms with van der Waals surface area (Å²) in [6.07, 6.45) is 3.79. The highest BCUT2D eigenvalue weighted by Crippen LogP contribution is 2.16. The van der Waals surface area contributed by atoms with Gasteiger partial charge in [-0.25, -0.2) is 0 Å². The highest BCUT2D eigenvalue weighted by Gasteiger charge is 1.99. The van der Waals surface area contributed by atoms with E-state index < -0.39 is 0 Å². The Balaban J connectivity index is 2.03. The van der Waals surface area contributed by atoms with Crippen molar-refractivity contribution in [2.75, 3.05) is 7.05 Å². The molecule has 0 bridgehead atoms. The lowest BCUT2D eigenvalue weighted by molar-refractivity contribution is 0.695. The van der Waals surface area contributed by atoms with Crippen molar-refractivity contribution in [2.24, 2.45) is 0 Å². The number of rotatable bonds is 4. The predicted octanol–water partition coefficient (Wildman–Crippen LogP) is 1.71. The molecule has 0 unspecified atom stereocenters. The van der Waals surface area contributed by atoms with Gasteiger partial charge in [0.05, 0.1) is 6.54 Å². The first-order valence-corrected chi connectivity index (χ1v) is 5.40. The second-order valence-corrected chi connectivity index (χ2v) is 4.35. The van der Waals surface area contributed by atoms with Gasteiger partial charge in [-0.1, -0.05) is 0 Å². The zero-order valence-electron chi connectivity index (χ0n) is 8.10. The van der Waals surface area contributed by atoms with Crippen LogP contribution in [0.25, 0.3) is 0 Å². The highest BCUT2D eigenvalue weighted by atomic mass is 32.1. The molecule has 2 aromatic heterocycles. The van der Waals surface area contributed by atoms with E-state index in [9.17, 15) is 0 Å². The predicted molar refractivity (Wildman–Crippen MR) is 58.4 cm³/mol. The van der Waals surface area contributed by atoms with Crippen LogP contribution in [0.2, 0.25) is 0 Å². The molecule has 14 heavy (non-hydrogen) atoms. The van der Waals surface area contributed by atoms with Crippen LogP contribution in [-0.2, 0) is 13.1 Å². The molecule has 74 valence electrons. The summed E-state index contributed by atoms with van der Waals surface area (Å²) in [5.41, 5.74) is 0. The van der Waals surface area contributed by atoms with E-state index in [-0.39, 0.29) is 0 Å². The molecule has 0 atom stereocenters. The fourth-order valence-electron chi connectivity index (χ4n) is 1.33. The first-order chi connectivity index (χ1) is 6.88. The van der Waals surface area contributed by atoms with Crippen molar-refractivity contribution in [1.29, 1.82) is 0 Å². The number of hydrogen-bond donors (Lipinski definition) is 1. The van der Waals surface area contributed by atoms with Gasteiger partial charge in [0.25, 0.3) is 0 Å². The average molecular weight is 207 g/mol. The molecule has 2 aromatic rings. The van der Waals surface area contributed by atoms with Gasteiger partial charge in [-0.3, -0.25) is 4.68 Å². The van der Waals surface area contributed by atoms with Crippen LogP contribution in [0.1, 0.15) is 9.75 Å². The fourth-order valence-corrected chi connectivity index (χ4v) is 2.35. The molecule has 0 spiro atoms. The van der Waals surface area contributed by atoms with E-state index in [1.807, 2.05) is 41.5 Å². The molecule has 1 N–H and O–H groups in total. The van der Waals surface area contributed by atoms with Crippen molar-refractivity contribution in [3.8, 4) is 0 Å². The lowest BCUT2D eigenvalue weighted by Crippen LogP contribution is -2.02. The third-order valence-electron chi connectivity index (χ3n) is 1.95. The summed E-state index contributed by atoms with van der Waals surface area (Å²) in [5, 5.41) is 7.32. The van der Waals surface area contributed by atoms with Gasteiger partial charge < -0.3 is 5.32 Å². The molecule has 0 saturated heterocycles. The average Bonchev–Trinajstić information content (AvgIpc) is 2.79. The number of hydrogen-bond acceptors (Lipinski definition) is 3. The number of thiophene rings is 1. The fraction of sp³-hybridized carbons (Fsp3) is 0.300. The van der Waals surface area contributed by atoms with Crippen LogP contribution in [0.5, 0.6) is 0 Å². The molecule has 0 fully saturated rings. The Labute approximate surface area is 87.4 Å². The van der Waals surface area contributed by atoms with Gasteiger partial charge in [-0.15, -0.1) is 11.3 Å². The third-order valence-corrected chi connectivity index (χ3v) is 3.02. The molecular formula is C10H13N3S. The molecule has 0 radical (unpaired) electrons. The van der Waals surface area contributed by atoms with Gasteiger partial charge in [0, 0.05) is 28.7 Å². The summed E-state index contributed by atoms with van der Waals surface area (Å²) in [7, 11) is 1.97. The van der Waals surface area contributed by atoms with Crippen LogP contribution in [0.4, 0.5) is 0 Å². The van der Waals surface area contributed by atoms with Crippen LogP contribution in [-0.4, -0.2) is 16.8 Å². The van der Waals surface area contributed by atoms with Crippen molar-refractivity contribution in [2.45, 2.75) is 13.1 Å². The van der Waals surface area contributed by atoms with E-state index in [4.69, 9.17) is 0 Å². The maximum absolute atomic E-state index is 4.17. The molecular weight excluding hydrogens is 194 g/mol. The van der Waals surface area contributed by atoms with Gasteiger partial charge in [-0.05, 0) is 25.2 Å². The second kappa shape index (κ2) is 4.39. The minimum atomic E-state index is 0.876. The SMILES string of the molecule is CNCc1ccc(Cn2cccn2)s1. The smallest absolute Gasteiger partial charge is 0.0752 e.